The van der Waals surface area contributed by atoms with Crippen LogP contribution in [-0.2, 0) is 5.75 Å². The Kier molecular flexibility index (Phi) is 4.66. The van der Waals surface area contributed by atoms with Crippen molar-refractivity contribution in [3.05, 3.63) is 53.6 Å². The summed E-state index contributed by atoms with van der Waals surface area (Å²) in [4.78, 5) is 4.63. The van der Waals surface area contributed by atoms with Gasteiger partial charge in [-0.25, -0.2) is 4.98 Å². The molecule has 1 atom stereocenters. The van der Waals surface area contributed by atoms with Crippen LogP contribution < -0.4 is 4.74 Å². The number of hydrogen-bond donors (Lipinski definition) is 1. The molecule has 2 aromatic carbocycles. The van der Waals surface area contributed by atoms with Crippen LogP contribution in [0.4, 0.5) is 0 Å². The van der Waals surface area contributed by atoms with Gasteiger partial charge in [-0.05, 0) is 36.8 Å². The van der Waals surface area contributed by atoms with Crippen LogP contribution in [0.25, 0.3) is 10.2 Å². The van der Waals surface area contributed by atoms with Crippen LogP contribution in [0.3, 0.4) is 0 Å². The van der Waals surface area contributed by atoms with Gasteiger partial charge in [-0.3, -0.25) is 0 Å². The number of thiazole rings is 1. The minimum absolute atomic E-state index is 0.475. The molecule has 0 unspecified atom stereocenters. The van der Waals surface area contributed by atoms with Crippen LogP contribution >= 0.6 is 23.1 Å². The second-order valence-electron chi connectivity index (χ2n) is 4.98. The average molecular weight is 331 g/mol. The Morgan fingerprint density at radius 3 is 2.82 bits per heavy atom. The van der Waals surface area contributed by atoms with Gasteiger partial charge in [-0.1, -0.05) is 30.0 Å². The Labute approximate surface area is 138 Å². The molecule has 0 bridgehead atoms. The largest absolute Gasteiger partial charge is 0.496 e. The van der Waals surface area contributed by atoms with E-state index in [-0.39, 0.29) is 0 Å². The SMILES string of the molecule is COc1ccc([C@H](C)O)cc1CSc1nc2ccccc2s1. The molecule has 5 heteroatoms. The number of rotatable bonds is 5. The van der Waals surface area contributed by atoms with E-state index in [0.717, 1.165) is 32.5 Å². The zero-order valence-corrected chi connectivity index (χ0v) is 14.1. The average Bonchev–Trinajstić information content (AvgIpc) is 2.95. The summed E-state index contributed by atoms with van der Waals surface area (Å²) in [5.74, 6) is 1.61. The molecule has 3 nitrogen and oxygen atoms in total. The molecule has 0 aliphatic carbocycles. The minimum atomic E-state index is -0.475. The highest BCUT2D eigenvalue weighted by Crippen LogP contribution is 2.34. The number of fused-ring (bicyclic) bond motifs is 1. The zero-order valence-electron chi connectivity index (χ0n) is 12.4. The van der Waals surface area contributed by atoms with Gasteiger partial charge in [0, 0.05) is 11.3 Å². The Bertz CT molecular complexity index is 750. The van der Waals surface area contributed by atoms with E-state index in [9.17, 15) is 5.11 Å². The van der Waals surface area contributed by atoms with Crippen molar-refractivity contribution in [2.75, 3.05) is 7.11 Å². The number of aliphatic hydroxyl groups is 1. The fourth-order valence-corrected chi connectivity index (χ4v) is 4.27. The van der Waals surface area contributed by atoms with Crippen molar-refractivity contribution in [1.29, 1.82) is 0 Å². The molecule has 22 heavy (non-hydrogen) atoms. The quantitative estimate of drug-likeness (QED) is 0.691. The Balaban J connectivity index is 1.81. The lowest BCUT2D eigenvalue weighted by Crippen LogP contribution is -1.96. The molecule has 1 N–H and O–H groups in total. The maximum Gasteiger partial charge on any atom is 0.151 e. The number of nitrogens with zero attached hydrogens (tertiary/aromatic N) is 1. The molecular formula is C17H17NO2S2. The van der Waals surface area contributed by atoms with E-state index < -0.39 is 6.10 Å². The Morgan fingerprint density at radius 1 is 1.27 bits per heavy atom. The molecular weight excluding hydrogens is 314 g/mol. The van der Waals surface area contributed by atoms with Gasteiger partial charge in [-0.2, -0.15) is 0 Å². The highest BCUT2D eigenvalue weighted by atomic mass is 32.2. The monoisotopic (exact) mass is 331 g/mol. The van der Waals surface area contributed by atoms with Gasteiger partial charge >= 0.3 is 0 Å². The van der Waals surface area contributed by atoms with Gasteiger partial charge in [0.15, 0.2) is 4.34 Å². The van der Waals surface area contributed by atoms with E-state index in [4.69, 9.17) is 4.74 Å². The van der Waals surface area contributed by atoms with E-state index in [1.54, 1.807) is 37.1 Å². The zero-order chi connectivity index (χ0) is 15.5. The fourth-order valence-electron chi connectivity index (χ4n) is 2.22. The molecule has 0 aliphatic heterocycles. The van der Waals surface area contributed by atoms with E-state index in [1.165, 1.54) is 4.70 Å². The highest BCUT2D eigenvalue weighted by molar-refractivity contribution is 8.00. The van der Waals surface area contributed by atoms with Crippen LogP contribution in [0.15, 0.2) is 46.8 Å². The lowest BCUT2D eigenvalue weighted by Gasteiger charge is -2.11. The fraction of sp³-hybridized carbons (Fsp3) is 0.235. The molecule has 0 amide bonds. The molecule has 1 heterocycles. The normalized spacial score (nSPS) is 12.5. The predicted octanol–water partition coefficient (Wildman–Crippen LogP) is 4.65. The highest BCUT2D eigenvalue weighted by Gasteiger charge is 2.10. The van der Waals surface area contributed by atoms with Crippen LogP contribution in [0.1, 0.15) is 24.2 Å². The first kappa shape index (κ1) is 15.3. The summed E-state index contributed by atoms with van der Waals surface area (Å²) < 4.78 is 7.67. The summed E-state index contributed by atoms with van der Waals surface area (Å²) in [6.45, 7) is 1.77. The van der Waals surface area contributed by atoms with Crippen LogP contribution in [0, 0.1) is 0 Å². The summed E-state index contributed by atoms with van der Waals surface area (Å²) in [5.41, 5.74) is 3.02. The first-order valence-electron chi connectivity index (χ1n) is 7.00. The molecule has 114 valence electrons. The second-order valence-corrected chi connectivity index (χ2v) is 7.24. The topological polar surface area (TPSA) is 42.4 Å². The maximum atomic E-state index is 9.73. The van der Waals surface area contributed by atoms with Gasteiger partial charge in [0.05, 0.1) is 23.4 Å². The summed E-state index contributed by atoms with van der Waals surface area (Å²) in [6, 6.07) is 14.0. The molecule has 0 fully saturated rings. The number of aliphatic hydroxyl groups excluding tert-OH is 1. The van der Waals surface area contributed by atoms with Gasteiger partial charge in [0.25, 0.3) is 0 Å². The Hall–Kier alpha value is -1.56. The number of methoxy groups -OCH3 is 1. The predicted molar refractivity (Wildman–Crippen MR) is 92.8 cm³/mol. The van der Waals surface area contributed by atoms with Crippen LogP contribution in [0.2, 0.25) is 0 Å². The van der Waals surface area contributed by atoms with Gasteiger partial charge < -0.3 is 9.84 Å². The van der Waals surface area contributed by atoms with Crippen molar-refractivity contribution in [2.45, 2.75) is 23.1 Å². The maximum absolute atomic E-state index is 9.73. The van der Waals surface area contributed by atoms with Crippen molar-refractivity contribution in [3.8, 4) is 5.75 Å². The third-order valence-electron chi connectivity index (χ3n) is 3.41. The number of benzene rings is 2. The third kappa shape index (κ3) is 3.27. The summed E-state index contributed by atoms with van der Waals surface area (Å²) in [6.07, 6.45) is -0.475. The van der Waals surface area contributed by atoms with Crippen molar-refractivity contribution < 1.29 is 9.84 Å². The summed E-state index contributed by atoms with van der Waals surface area (Å²) in [7, 11) is 1.67. The van der Waals surface area contributed by atoms with Gasteiger partial charge in [-0.15, -0.1) is 11.3 Å². The van der Waals surface area contributed by atoms with E-state index in [1.807, 2.05) is 36.4 Å². The second kappa shape index (κ2) is 6.69. The van der Waals surface area contributed by atoms with E-state index in [2.05, 4.69) is 11.1 Å². The molecule has 0 aliphatic rings. The minimum Gasteiger partial charge on any atom is -0.496 e. The van der Waals surface area contributed by atoms with Crippen molar-refractivity contribution >= 4 is 33.3 Å². The van der Waals surface area contributed by atoms with Crippen molar-refractivity contribution in [2.24, 2.45) is 0 Å². The number of hydrogen-bond acceptors (Lipinski definition) is 5. The van der Waals surface area contributed by atoms with Crippen molar-refractivity contribution in [1.82, 2.24) is 4.98 Å². The molecule has 0 saturated carbocycles. The van der Waals surface area contributed by atoms with Gasteiger partial charge in [0.2, 0.25) is 0 Å². The molecule has 3 rings (SSSR count). The van der Waals surface area contributed by atoms with Gasteiger partial charge in [0.1, 0.15) is 5.75 Å². The number of aromatic nitrogens is 1. The summed E-state index contributed by atoms with van der Waals surface area (Å²) >= 11 is 3.40. The van der Waals surface area contributed by atoms with Crippen LogP contribution in [-0.4, -0.2) is 17.2 Å². The standard InChI is InChI=1S/C17H17NO2S2/c1-11(19)12-7-8-15(20-2)13(9-12)10-21-17-18-14-5-3-4-6-16(14)22-17/h3-9,11,19H,10H2,1-2H3/t11-/m0/s1. The molecule has 0 saturated heterocycles. The Morgan fingerprint density at radius 2 is 2.09 bits per heavy atom. The number of thioether (sulfide) groups is 1. The van der Waals surface area contributed by atoms with E-state index in [0.29, 0.717) is 0 Å². The van der Waals surface area contributed by atoms with Crippen LogP contribution in [0.5, 0.6) is 5.75 Å². The number of ether oxygens (including phenoxy) is 1. The molecule has 1 aromatic heterocycles. The third-order valence-corrected chi connectivity index (χ3v) is 5.64. The lowest BCUT2D eigenvalue weighted by molar-refractivity contribution is 0.199. The van der Waals surface area contributed by atoms with E-state index >= 15 is 0 Å². The first-order chi connectivity index (χ1) is 10.7. The summed E-state index contributed by atoms with van der Waals surface area (Å²) in [5, 5.41) is 9.73. The molecule has 0 spiro atoms. The lowest BCUT2D eigenvalue weighted by atomic mass is 10.1. The molecule has 0 radical (unpaired) electrons. The smallest absolute Gasteiger partial charge is 0.151 e. The molecule has 3 aromatic rings. The van der Waals surface area contributed by atoms with Crippen molar-refractivity contribution in [3.63, 3.8) is 0 Å². The first-order valence-corrected chi connectivity index (χ1v) is 8.81. The number of para-hydroxylation sites is 1.